The second kappa shape index (κ2) is 4.93. The van der Waals surface area contributed by atoms with E-state index in [1.54, 1.807) is 0 Å². The van der Waals surface area contributed by atoms with E-state index in [0.717, 1.165) is 24.8 Å². The molecule has 1 unspecified atom stereocenters. The number of rotatable bonds is 4. The van der Waals surface area contributed by atoms with Crippen molar-refractivity contribution < 1.29 is 4.79 Å². The standard InChI is InChI=1S/C16H21N3O/c1-3-11-5-7-12(8-6-11)16(4-2)14(20)18-15(19-16)17-13-9-10-13/h5-8,13H,3-4,9-10H2,1-2H3,(H2,17,18,19,20). The van der Waals surface area contributed by atoms with E-state index in [-0.39, 0.29) is 5.91 Å². The van der Waals surface area contributed by atoms with E-state index in [4.69, 9.17) is 0 Å². The van der Waals surface area contributed by atoms with Crippen LogP contribution in [0.3, 0.4) is 0 Å². The van der Waals surface area contributed by atoms with Gasteiger partial charge in [0.15, 0.2) is 5.96 Å². The average Bonchev–Trinajstić information content (AvgIpc) is 3.22. The number of aliphatic imine (C=N–C) groups is 1. The number of benzene rings is 1. The van der Waals surface area contributed by atoms with E-state index in [0.29, 0.717) is 18.4 Å². The zero-order chi connectivity index (χ0) is 14.2. The maximum absolute atomic E-state index is 12.4. The molecule has 3 rings (SSSR count). The highest BCUT2D eigenvalue weighted by Gasteiger charge is 2.45. The maximum Gasteiger partial charge on any atom is 0.257 e. The van der Waals surface area contributed by atoms with E-state index >= 15 is 0 Å². The normalized spacial score (nSPS) is 27.5. The molecule has 4 heteroatoms. The highest BCUT2D eigenvalue weighted by Crippen LogP contribution is 2.30. The second-order valence-electron chi connectivity index (χ2n) is 5.60. The minimum absolute atomic E-state index is 0.00338. The molecule has 2 fully saturated rings. The van der Waals surface area contributed by atoms with Crippen LogP contribution in [0.25, 0.3) is 0 Å². The van der Waals surface area contributed by atoms with Gasteiger partial charge in [-0.05, 0) is 36.8 Å². The number of aryl methyl sites for hydroxylation is 1. The third-order valence-corrected chi connectivity index (χ3v) is 4.20. The molecular formula is C16H21N3O. The molecule has 0 bridgehead atoms. The summed E-state index contributed by atoms with van der Waals surface area (Å²) in [4.78, 5) is 17.0. The molecule has 1 aromatic carbocycles. The average molecular weight is 271 g/mol. The van der Waals surface area contributed by atoms with Crippen LogP contribution >= 0.6 is 0 Å². The third-order valence-electron chi connectivity index (χ3n) is 4.20. The van der Waals surface area contributed by atoms with Crippen LogP contribution in [-0.2, 0) is 16.8 Å². The van der Waals surface area contributed by atoms with Gasteiger partial charge < -0.3 is 5.32 Å². The number of carbonyl (C=O) groups is 1. The summed E-state index contributed by atoms with van der Waals surface area (Å²) in [5.74, 6) is 0.641. The van der Waals surface area contributed by atoms with Crippen LogP contribution in [0, 0.1) is 0 Å². The summed E-state index contributed by atoms with van der Waals surface area (Å²) in [6.07, 6.45) is 3.97. The molecule has 1 saturated carbocycles. The third kappa shape index (κ3) is 2.19. The Morgan fingerprint density at radius 2 is 1.95 bits per heavy atom. The number of guanidine groups is 1. The summed E-state index contributed by atoms with van der Waals surface area (Å²) in [6, 6.07) is 8.69. The van der Waals surface area contributed by atoms with Gasteiger partial charge in [0.25, 0.3) is 5.91 Å². The Morgan fingerprint density at radius 3 is 2.50 bits per heavy atom. The fourth-order valence-corrected chi connectivity index (χ4v) is 2.64. The van der Waals surface area contributed by atoms with Gasteiger partial charge in [0.1, 0.15) is 5.54 Å². The smallest absolute Gasteiger partial charge is 0.257 e. The predicted molar refractivity (Wildman–Crippen MR) is 79.5 cm³/mol. The first kappa shape index (κ1) is 13.2. The Kier molecular flexibility index (Phi) is 3.24. The lowest BCUT2D eigenvalue weighted by molar-refractivity contribution is -0.124. The summed E-state index contributed by atoms with van der Waals surface area (Å²) in [6.45, 7) is 4.16. The van der Waals surface area contributed by atoms with Gasteiger partial charge in [0, 0.05) is 0 Å². The Bertz CT molecular complexity index is 545. The molecule has 0 aromatic heterocycles. The number of hydrogen-bond acceptors (Lipinski definition) is 2. The Hall–Kier alpha value is -1.84. The number of hydrogen-bond donors (Lipinski definition) is 2. The van der Waals surface area contributed by atoms with E-state index in [1.807, 2.05) is 6.92 Å². The van der Waals surface area contributed by atoms with Crippen molar-refractivity contribution in [1.29, 1.82) is 0 Å². The fraction of sp³-hybridized carbons (Fsp3) is 0.500. The molecule has 2 N–H and O–H groups in total. The molecule has 106 valence electrons. The Morgan fingerprint density at radius 1 is 1.25 bits per heavy atom. The first-order valence-corrected chi connectivity index (χ1v) is 7.45. The maximum atomic E-state index is 12.4. The van der Waals surface area contributed by atoms with Crippen molar-refractivity contribution in [1.82, 2.24) is 10.6 Å². The van der Waals surface area contributed by atoms with Crippen LogP contribution in [0.15, 0.2) is 29.3 Å². The quantitative estimate of drug-likeness (QED) is 0.881. The van der Waals surface area contributed by atoms with E-state index in [2.05, 4.69) is 46.8 Å². The number of carbonyl (C=O) groups excluding carboxylic acids is 1. The van der Waals surface area contributed by atoms with Gasteiger partial charge in [0.05, 0.1) is 6.04 Å². The second-order valence-corrected chi connectivity index (χ2v) is 5.60. The monoisotopic (exact) mass is 271 g/mol. The predicted octanol–water partition coefficient (Wildman–Crippen LogP) is 2.09. The van der Waals surface area contributed by atoms with E-state index in [9.17, 15) is 4.79 Å². The van der Waals surface area contributed by atoms with Crippen LogP contribution in [0.1, 0.15) is 44.2 Å². The molecule has 0 spiro atoms. The summed E-state index contributed by atoms with van der Waals surface area (Å²) < 4.78 is 0. The number of nitrogens with zero attached hydrogens (tertiary/aromatic N) is 1. The molecule has 1 amide bonds. The molecule has 20 heavy (non-hydrogen) atoms. The lowest BCUT2D eigenvalue weighted by atomic mass is 9.87. The number of amides is 1. The van der Waals surface area contributed by atoms with Crippen LogP contribution < -0.4 is 10.6 Å². The minimum Gasteiger partial charge on any atom is -0.338 e. The molecule has 1 aliphatic carbocycles. The summed E-state index contributed by atoms with van der Waals surface area (Å²) in [5.41, 5.74) is 1.63. The first-order chi connectivity index (χ1) is 9.68. The zero-order valence-electron chi connectivity index (χ0n) is 12.1. The van der Waals surface area contributed by atoms with Crippen LogP contribution in [0.4, 0.5) is 0 Å². The molecule has 2 aliphatic rings. The molecule has 1 saturated heterocycles. The van der Waals surface area contributed by atoms with Crippen molar-refractivity contribution in [3.8, 4) is 0 Å². The Labute approximate surface area is 119 Å². The summed E-state index contributed by atoms with van der Waals surface area (Å²) >= 11 is 0. The van der Waals surface area contributed by atoms with Crippen LogP contribution in [0.5, 0.6) is 0 Å². The molecule has 1 aliphatic heterocycles. The minimum atomic E-state index is -0.667. The lowest BCUT2D eigenvalue weighted by Gasteiger charge is -2.25. The van der Waals surface area contributed by atoms with Crippen molar-refractivity contribution in [2.45, 2.75) is 51.1 Å². The molecule has 1 aromatic rings. The SMILES string of the molecule is CCc1ccc(C2(CC)NC(=NC3CC3)NC2=O)cc1. The van der Waals surface area contributed by atoms with Crippen LogP contribution in [0.2, 0.25) is 0 Å². The summed E-state index contributed by atoms with van der Waals surface area (Å²) in [5, 5.41) is 6.21. The van der Waals surface area contributed by atoms with Gasteiger partial charge >= 0.3 is 0 Å². The largest absolute Gasteiger partial charge is 0.338 e. The van der Waals surface area contributed by atoms with Gasteiger partial charge in [-0.3, -0.25) is 10.1 Å². The fourth-order valence-electron chi connectivity index (χ4n) is 2.64. The molecular weight excluding hydrogens is 250 g/mol. The van der Waals surface area contributed by atoms with Gasteiger partial charge in [-0.15, -0.1) is 0 Å². The van der Waals surface area contributed by atoms with Gasteiger partial charge in [0.2, 0.25) is 0 Å². The highest BCUT2D eigenvalue weighted by atomic mass is 16.2. The molecule has 4 nitrogen and oxygen atoms in total. The Balaban J connectivity index is 1.91. The first-order valence-electron chi connectivity index (χ1n) is 7.45. The highest BCUT2D eigenvalue weighted by molar-refractivity contribution is 6.09. The van der Waals surface area contributed by atoms with Crippen molar-refractivity contribution in [3.05, 3.63) is 35.4 Å². The van der Waals surface area contributed by atoms with Gasteiger partial charge in [-0.25, -0.2) is 4.99 Å². The van der Waals surface area contributed by atoms with Crippen molar-refractivity contribution in [2.75, 3.05) is 0 Å². The van der Waals surface area contributed by atoms with Gasteiger partial charge in [-0.2, -0.15) is 0 Å². The van der Waals surface area contributed by atoms with Crippen LogP contribution in [-0.4, -0.2) is 17.9 Å². The number of nitrogens with one attached hydrogen (secondary N) is 2. The lowest BCUT2D eigenvalue weighted by Crippen LogP contribution is -2.43. The van der Waals surface area contributed by atoms with E-state index in [1.165, 1.54) is 5.56 Å². The van der Waals surface area contributed by atoms with E-state index < -0.39 is 5.54 Å². The zero-order valence-corrected chi connectivity index (χ0v) is 12.1. The summed E-state index contributed by atoms with van der Waals surface area (Å²) in [7, 11) is 0. The van der Waals surface area contributed by atoms with Crippen molar-refractivity contribution in [2.24, 2.45) is 4.99 Å². The molecule has 1 heterocycles. The topological polar surface area (TPSA) is 53.5 Å². The van der Waals surface area contributed by atoms with Crippen molar-refractivity contribution in [3.63, 3.8) is 0 Å². The molecule has 0 radical (unpaired) electrons. The van der Waals surface area contributed by atoms with Crippen molar-refractivity contribution >= 4 is 11.9 Å². The molecule has 1 atom stereocenters. The van der Waals surface area contributed by atoms with Gasteiger partial charge in [-0.1, -0.05) is 38.1 Å².